The van der Waals surface area contributed by atoms with Gasteiger partial charge in [0.15, 0.2) is 17.4 Å². The molecule has 1 saturated heterocycles. The molecule has 59 heavy (non-hydrogen) atoms. The summed E-state index contributed by atoms with van der Waals surface area (Å²) in [5.74, 6) is -0.0922. The molecule has 1 aliphatic rings. The number of aliphatic hydroxyl groups excluding tert-OH is 1. The standard InChI is InChI=1S/C40H47N11O8/c1-5-27-33(58-23(3)43-27)37(54)47-39-45-29-19-26(35(41)53)20-31(57-15-9-10-49-13-16-56-17-14-49)32(29)50(39)11-7-8-12-51-36-30(18-25(22-52)21-42-36)46-40(51)48-38(55)34-28(6-2)44-24(4)59-34/h7-8,18-21,52H,5-6,9-17,22H2,1-4H3,(H2,41,53)(H,45,47,54)(H,46,48,55)/b8-7+. The number of allylic oxidation sites excluding steroid dienone is 2. The SMILES string of the molecule is CCc1nc(C)oc1C(=O)Nc1nc2cc(CO)cnc2n1C/C=C/Cn1c(NC(=O)c2oc(C)nc2CC)nc2cc(C(N)=O)cc(OCCCN3CCOCC3)c21. The molecule has 310 valence electrons. The van der Waals surface area contributed by atoms with Gasteiger partial charge in [-0.15, -0.1) is 0 Å². The molecule has 0 radical (unpaired) electrons. The van der Waals surface area contributed by atoms with E-state index in [2.05, 4.69) is 35.5 Å². The maximum absolute atomic E-state index is 13.7. The van der Waals surface area contributed by atoms with Crippen molar-refractivity contribution in [3.8, 4) is 5.75 Å². The van der Waals surface area contributed by atoms with Crippen molar-refractivity contribution >= 4 is 51.8 Å². The van der Waals surface area contributed by atoms with Crippen molar-refractivity contribution in [3.63, 3.8) is 0 Å². The van der Waals surface area contributed by atoms with Crippen molar-refractivity contribution in [3.05, 3.63) is 82.4 Å². The van der Waals surface area contributed by atoms with Crippen LogP contribution < -0.4 is 21.1 Å². The summed E-state index contributed by atoms with van der Waals surface area (Å²) in [6.45, 7) is 11.5. The molecule has 6 heterocycles. The third-order valence-corrected chi connectivity index (χ3v) is 9.78. The lowest BCUT2D eigenvalue weighted by Gasteiger charge is -2.26. The number of primary amides is 1. The van der Waals surface area contributed by atoms with E-state index in [-0.39, 0.29) is 48.7 Å². The van der Waals surface area contributed by atoms with Crippen LogP contribution in [0.4, 0.5) is 11.9 Å². The van der Waals surface area contributed by atoms with Crippen LogP contribution in [0.1, 0.15) is 80.5 Å². The number of imidazole rings is 2. The van der Waals surface area contributed by atoms with Crippen molar-refractivity contribution in [2.75, 3.05) is 50.1 Å². The topological polar surface area (TPSA) is 244 Å². The number of aryl methyl sites for hydroxylation is 4. The first-order valence-electron chi connectivity index (χ1n) is 19.5. The zero-order valence-electron chi connectivity index (χ0n) is 33.4. The minimum atomic E-state index is -0.658. The summed E-state index contributed by atoms with van der Waals surface area (Å²) in [4.78, 5) is 64.4. The molecular formula is C40H47N11O8. The lowest BCUT2D eigenvalue weighted by atomic mass is 10.1. The van der Waals surface area contributed by atoms with Gasteiger partial charge < -0.3 is 33.7 Å². The van der Waals surface area contributed by atoms with E-state index in [1.54, 1.807) is 47.4 Å². The first-order chi connectivity index (χ1) is 28.6. The molecule has 6 aromatic rings. The van der Waals surface area contributed by atoms with Crippen LogP contribution in [-0.4, -0.2) is 101 Å². The third kappa shape index (κ3) is 9.01. The van der Waals surface area contributed by atoms with Crippen molar-refractivity contribution in [2.24, 2.45) is 5.73 Å². The molecule has 0 atom stereocenters. The lowest BCUT2D eigenvalue weighted by molar-refractivity contribution is 0.0358. The predicted molar refractivity (Wildman–Crippen MR) is 215 cm³/mol. The number of carbonyl (C=O) groups excluding carboxylic acids is 3. The van der Waals surface area contributed by atoms with Gasteiger partial charge in [-0.3, -0.25) is 34.5 Å². The van der Waals surface area contributed by atoms with Crippen molar-refractivity contribution < 1.29 is 37.8 Å². The molecular weight excluding hydrogens is 763 g/mol. The zero-order valence-corrected chi connectivity index (χ0v) is 33.4. The predicted octanol–water partition coefficient (Wildman–Crippen LogP) is 3.95. The number of amides is 3. The lowest BCUT2D eigenvalue weighted by Crippen LogP contribution is -2.37. The Hall–Kier alpha value is -6.44. The van der Waals surface area contributed by atoms with E-state index in [1.165, 1.54) is 0 Å². The summed E-state index contributed by atoms with van der Waals surface area (Å²) in [5.41, 5.74) is 9.35. The second kappa shape index (κ2) is 18.0. The highest BCUT2D eigenvalue weighted by atomic mass is 16.5. The zero-order chi connectivity index (χ0) is 41.6. The number of anilines is 2. The molecule has 0 aliphatic carbocycles. The maximum Gasteiger partial charge on any atom is 0.295 e. The van der Waals surface area contributed by atoms with Crippen LogP contribution in [0.5, 0.6) is 5.75 Å². The Kier molecular flexibility index (Phi) is 12.4. The van der Waals surface area contributed by atoms with Gasteiger partial charge >= 0.3 is 0 Å². The van der Waals surface area contributed by atoms with Gasteiger partial charge in [0.25, 0.3) is 11.8 Å². The number of rotatable bonds is 17. The number of benzene rings is 1. The Balaban J connectivity index is 1.21. The van der Waals surface area contributed by atoms with Crippen molar-refractivity contribution in [2.45, 2.75) is 66.7 Å². The molecule has 0 spiro atoms. The molecule has 19 heteroatoms. The quantitative estimate of drug-likeness (QED) is 0.0753. The number of aromatic nitrogens is 7. The Morgan fingerprint density at radius 1 is 0.864 bits per heavy atom. The minimum Gasteiger partial charge on any atom is -0.491 e. The fraction of sp³-hybridized carbons (Fsp3) is 0.400. The summed E-state index contributed by atoms with van der Waals surface area (Å²) in [6.07, 6.45) is 6.93. The van der Waals surface area contributed by atoms with Gasteiger partial charge in [-0.25, -0.2) is 24.9 Å². The smallest absolute Gasteiger partial charge is 0.295 e. The summed E-state index contributed by atoms with van der Waals surface area (Å²) in [6, 6.07) is 4.84. The Morgan fingerprint density at radius 3 is 2.08 bits per heavy atom. The monoisotopic (exact) mass is 809 g/mol. The van der Waals surface area contributed by atoms with Gasteiger partial charge in [0.05, 0.1) is 43.3 Å². The highest BCUT2D eigenvalue weighted by Crippen LogP contribution is 2.32. The first-order valence-corrected chi connectivity index (χ1v) is 19.5. The van der Waals surface area contributed by atoms with Crippen LogP contribution in [0.3, 0.4) is 0 Å². The van der Waals surface area contributed by atoms with E-state index in [0.29, 0.717) is 95.8 Å². The highest BCUT2D eigenvalue weighted by molar-refractivity contribution is 6.04. The second-order valence-electron chi connectivity index (χ2n) is 13.9. The molecule has 5 N–H and O–H groups in total. The normalized spacial score (nSPS) is 13.5. The Labute approximate surface area is 338 Å². The second-order valence-corrected chi connectivity index (χ2v) is 13.9. The number of pyridine rings is 1. The van der Waals surface area contributed by atoms with Gasteiger partial charge in [-0.05, 0) is 43.0 Å². The molecule has 7 rings (SSSR count). The third-order valence-electron chi connectivity index (χ3n) is 9.78. The number of ether oxygens (including phenoxy) is 2. The molecule has 5 aromatic heterocycles. The van der Waals surface area contributed by atoms with Crippen LogP contribution >= 0.6 is 0 Å². The maximum atomic E-state index is 13.7. The number of nitrogens with zero attached hydrogens (tertiary/aromatic N) is 8. The number of aliphatic hydroxyl groups is 1. The van der Waals surface area contributed by atoms with E-state index in [9.17, 15) is 19.5 Å². The molecule has 19 nitrogen and oxygen atoms in total. The number of hydrogen-bond donors (Lipinski definition) is 4. The Bertz CT molecular complexity index is 2530. The van der Waals surface area contributed by atoms with Crippen molar-refractivity contribution in [1.29, 1.82) is 0 Å². The van der Waals surface area contributed by atoms with Crippen LogP contribution in [-0.2, 0) is 37.3 Å². The van der Waals surface area contributed by atoms with Gasteiger partial charge in [0.1, 0.15) is 16.8 Å². The average Bonchev–Trinajstić information content (AvgIpc) is 4.00. The molecule has 0 saturated carbocycles. The van der Waals surface area contributed by atoms with E-state index in [1.807, 2.05) is 26.0 Å². The highest BCUT2D eigenvalue weighted by Gasteiger charge is 2.25. The summed E-state index contributed by atoms with van der Waals surface area (Å²) in [7, 11) is 0. The fourth-order valence-electron chi connectivity index (χ4n) is 6.91. The number of morpholine rings is 1. The summed E-state index contributed by atoms with van der Waals surface area (Å²) in [5, 5.41) is 15.5. The fourth-order valence-corrected chi connectivity index (χ4v) is 6.91. The number of oxazole rings is 2. The number of fused-ring (bicyclic) bond motifs is 2. The van der Waals surface area contributed by atoms with Gasteiger partial charge in [-0.1, -0.05) is 26.0 Å². The van der Waals surface area contributed by atoms with Crippen molar-refractivity contribution in [1.82, 2.24) is 39.0 Å². The van der Waals surface area contributed by atoms with Gasteiger partial charge in [-0.2, -0.15) is 0 Å². The van der Waals surface area contributed by atoms with E-state index < -0.39 is 17.7 Å². The largest absolute Gasteiger partial charge is 0.491 e. The van der Waals surface area contributed by atoms with Gasteiger partial charge in [0.2, 0.25) is 29.3 Å². The van der Waals surface area contributed by atoms with Crippen LogP contribution in [0, 0.1) is 13.8 Å². The van der Waals surface area contributed by atoms with E-state index >= 15 is 0 Å². The van der Waals surface area contributed by atoms with Crippen LogP contribution in [0.25, 0.3) is 22.2 Å². The molecule has 0 unspecified atom stereocenters. The number of carbonyl (C=O) groups is 3. The summed E-state index contributed by atoms with van der Waals surface area (Å²) < 4.78 is 26.6. The number of nitrogens with two attached hydrogens (primary N) is 1. The van der Waals surface area contributed by atoms with Gasteiger partial charge in [0, 0.05) is 58.3 Å². The molecule has 1 fully saturated rings. The van der Waals surface area contributed by atoms with Crippen LogP contribution in [0.2, 0.25) is 0 Å². The molecule has 1 aliphatic heterocycles. The molecule has 0 bridgehead atoms. The van der Waals surface area contributed by atoms with E-state index in [0.717, 1.165) is 19.6 Å². The number of hydrogen-bond acceptors (Lipinski definition) is 14. The summed E-state index contributed by atoms with van der Waals surface area (Å²) >= 11 is 0. The average molecular weight is 810 g/mol. The Morgan fingerprint density at radius 2 is 1.47 bits per heavy atom. The van der Waals surface area contributed by atoms with E-state index in [4.69, 9.17) is 29.0 Å². The minimum absolute atomic E-state index is 0.0709. The molecule has 1 aromatic carbocycles. The van der Waals surface area contributed by atoms with Crippen LogP contribution in [0.15, 0.2) is 45.4 Å². The first kappa shape index (κ1) is 40.7. The molecule has 3 amide bonds. The number of nitrogens with one attached hydrogen (secondary N) is 2.